The van der Waals surface area contributed by atoms with Gasteiger partial charge in [-0.05, 0) is 32.4 Å². The van der Waals surface area contributed by atoms with Crippen LogP contribution in [0.15, 0.2) is 34.2 Å². The topological polar surface area (TPSA) is 110 Å². The second kappa shape index (κ2) is 9.75. The van der Waals surface area contributed by atoms with Gasteiger partial charge in [0.05, 0.1) is 16.7 Å². The molecule has 0 saturated carbocycles. The van der Waals surface area contributed by atoms with Gasteiger partial charge < -0.3 is 10.6 Å². The lowest BCUT2D eigenvalue weighted by Gasteiger charge is -2.12. The third-order valence-corrected chi connectivity index (χ3v) is 5.32. The summed E-state index contributed by atoms with van der Waals surface area (Å²) < 4.78 is 3.24. The average Bonchev–Trinajstić information content (AvgIpc) is 3.14. The molecule has 3 aromatic rings. The number of carbonyl (C=O) groups excluding carboxylic acids is 2. The molecule has 2 aromatic heterocycles. The molecule has 2 heterocycles. The van der Waals surface area contributed by atoms with E-state index in [9.17, 15) is 14.4 Å². The third-order valence-electron chi connectivity index (χ3n) is 4.39. The molecule has 9 nitrogen and oxygen atoms in total. The predicted octanol–water partition coefficient (Wildman–Crippen LogP) is 1.58. The van der Waals surface area contributed by atoms with Crippen LogP contribution in [0.5, 0.6) is 0 Å². The molecule has 160 valence electrons. The van der Waals surface area contributed by atoms with Crippen molar-refractivity contribution in [3.63, 3.8) is 0 Å². The molecule has 0 aliphatic carbocycles. The molecule has 0 saturated heterocycles. The van der Waals surface area contributed by atoms with Crippen LogP contribution in [0, 0.1) is 0 Å². The lowest BCUT2D eigenvalue weighted by Crippen LogP contribution is -2.32. The van der Waals surface area contributed by atoms with Crippen molar-refractivity contribution >= 4 is 40.3 Å². The quantitative estimate of drug-likeness (QED) is 0.499. The molecule has 0 radical (unpaired) electrons. The fraction of sp³-hybridized carbons (Fsp3) is 0.450. The van der Waals surface area contributed by atoms with Crippen molar-refractivity contribution < 1.29 is 9.59 Å². The first-order chi connectivity index (χ1) is 14.4. The largest absolute Gasteiger partial charge is 0.355 e. The van der Waals surface area contributed by atoms with Gasteiger partial charge in [0.2, 0.25) is 17.6 Å². The maximum atomic E-state index is 13.0. The van der Waals surface area contributed by atoms with E-state index in [0.29, 0.717) is 28.4 Å². The predicted molar refractivity (Wildman–Crippen MR) is 117 cm³/mol. The lowest BCUT2D eigenvalue weighted by molar-refractivity contribution is -0.122. The number of thioether (sulfide) groups is 1. The summed E-state index contributed by atoms with van der Waals surface area (Å²) in [6.45, 7) is 6.58. The zero-order valence-electron chi connectivity index (χ0n) is 17.3. The van der Waals surface area contributed by atoms with Crippen molar-refractivity contribution in [3.8, 4) is 0 Å². The van der Waals surface area contributed by atoms with E-state index in [0.717, 1.165) is 6.42 Å². The van der Waals surface area contributed by atoms with Crippen molar-refractivity contribution in [2.45, 2.75) is 51.4 Å². The Morgan fingerprint density at radius 3 is 2.67 bits per heavy atom. The molecule has 0 atom stereocenters. The summed E-state index contributed by atoms with van der Waals surface area (Å²) in [5.41, 5.74) is 0.446. The van der Waals surface area contributed by atoms with Crippen LogP contribution < -0.4 is 16.2 Å². The van der Waals surface area contributed by atoms with E-state index in [-0.39, 0.29) is 42.1 Å². The Morgan fingerprint density at radius 2 is 1.93 bits per heavy atom. The van der Waals surface area contributed by atoms with E-state index < -0.39 is 0 Å². The summed E-state index contributed by atoms with van der Waals surface area (Å²) in [5, 5.41) is 15.1. The SMILES string of the molecule is CCCNC(=O)CSc1nnc2n(CCC(=O)NC(C)C)c(=O)c3ccccc3n12. The zero-order valence-corrected chi connectivity index (χ0v) is 18.2. The van der Waals surface area contributed by atoms with Crippen molar-refractivity contribution in [1.82, 2.24) is 29.8 Å². The number of nitrogens with zero attached hydrogens (tertiary/aromatic N) is 4. The Hall–Kier alpha value is -2.88. The molecule has 0 aliphatic rings. The Kier molecular flexibility index (Phi) is 7.09. The number of amides is 2. The van der Waals surface area contributed by atoms with E-state index in [1.165, 1.54) is 16.3 Å². The average molecular weight is 431 g/mol. The van der Waals surface area contributed by atoms with Crippen LogP contribution in [0.4, 0.5) is 0 Å². The van der Waals surface area contributed by atoms with Gasteiger partial charge in [0, 0.05) is 25.6 Å². The maximum absolute atomic E-state index is 13.0. The maximum Gasteiger partial charge on any atom is 0.262 e. The van der Waals surface area contributed by atoms with E-state index in [1.807, 2.05) is 32.9 Å². The van der Waals surface area contributed by atoms with Crippen molar-refractivity contribution in [2.24, 2.45) is 0 Å². The summed E-state index contributed by atoms with van der Waals surface area (Å²) >= 11 is 1.26. The summed E-state index contributed by atoms with van der Waals surface area (Å²) in [6, 6.07) is 7.22. The number of nitrogens with one attached hydrogen (secondary N) is 2. The zero-order chi connectivity index (χ0) is 21.7. The number of carbonyl (C=O) groups is 2. The summed E-state index contributed by atoms with van der Waals surface area (Å²) in [4.78, 5) is 37.1. The summed E-state index contributed by atoms with van der Waals surface area (Å²) in [6.07, 6.45) is 1.02. The number of rotatable bonds is 9. The van der Waals surface area contributed by atoms with Gasteiger partial charge >= 0.3 is 0 Å². The molecule has 2 amide bonds. The van der Waals surface area contributed by atoms with Crippen LogP contribution >= 0.6 is 11.8 Å². The molecular formula is C20H26N6O3S. The Balaban J connectivity index is 1.97. The van der Waals surface area contributed by atoms with Crippen LogP contribution in [-0.2, 0) is 16.1 Å². The highest BCUT2D eigenvalue weighted by Crippen LogP contribution is 2.21. The van der Waals surface area contributed by atoms with Crippen LogP contribution in [0.25, 0.3) is 16.7 Å². The van der Waals surface area contributed by atoms with Gasteiger partial charge in [0.15, 0.2) is 5.16 Å². The van der Waals surface area contributed by atoms with Gasteiger partial charge in [-0.25, -0.2) is 0 Å². The van der Waals surface area contributed by atoms with Gasteiger partial charge in [-0.15, -0.1) is 10.2 Å². The standard InChI is InChI=1S/C20H26N6O3S/c1-4-10-21-17(28)12-30-20-24-23-19-25(11-9-16(27)22-13(2)3)18(29)14-7-5-6-8-15(14)26(19)20/h5-8,13H,4,9-12H2,1-3H3,(H,21,28)(H,22,27). The molecule has 3 rings (SSSR count). The van der Waals surface area contributed by atoms with Crippen molar-refractivity contribution in [3.05, 3.63) is 34.6 Å². The molecule has 0 fully saturated rings. The highest BCUT2D eigenvalue weighted by molar-refractivity contribution is 7.99. The smallest absolute Gasteiger partial charge is 0.262 e. The molecule has 2 N–H and O–H groups in total. The Bertz CT molecular complexity index is 1120. The molecule has 0 unspecified atom stereocenters. The molecule has 10 heteroatoms. The molecule has 0 spiro atoms. The van der Waals surface area contributed by atoms with E-state index in [1.54, 1.807) is 16.5 Å². The van der Waals surface area contributed by atoms with Crippen LogP contribution in [0.2, 0.25) is 0 Å². The number of benzene rings is 1. The van der Waals surface area contributed by atoms with Gasteiger partial charge in [0.25, 0.3) is 5.56 Å². The van der Waals surface area contributed by atoms with Gasteiger partial charge in [-0.3, -0.25) is 23.4 Å². The van der Waals surface area contributed by atoms with Gasteiger partial charge in [0.1, 0.15) is 0 Å². The first-order valence-corrected chi connectivity index (χ1v) is 11.0. The molecular weight excluding hydrogens is 404 g/mol. The normalized spacial score (nSPS) is 11.3. The number of hydrogen-bond acceptors (Lipinski definition) is 6. The van der Waals surface area contributed by atoms with E-state index in [2.05, 4.69) is 20.8 Å². The first-order valence-electron chi connectivity index (χ1n) is 9.98. The summed E-state index contributed by atoms with van der Waals surface area (Å²) in [7, 11) is 0. The van der Waals surface area contributed by atoms with Crippen LogP contribution in [-0.4, -0.2) is 49.3 Å². The first kappa shape index (κ1) is 21.8. The highest BCUT2D eigenvalue weighted by Gasteiger charge is 2.18. The fourth-order valence-corrected chi connectivity index (χ4v) is 3.85. The number of aromatic nitrogens is 4. The van der Waals surface area contributed by atoms with Gasteiger partial charge in [-0.2, -0.15) is 0 Å². The highest BCUT2D eigenvalue weighted by atomic mass is 32.2. The monoisotopic (exact) mass is 430 g/mol. The van der Waals surface area contributed by atoms with E-state index in [4.69, 9.17) is 0 Å². The molecule has 0 aliphatic heterocycles. The molecule has 1 aromatic carbocycles. The minimum absolute atomic E-state index is 0.0285. The second-order valence-electron chi connectivity index (χ2n) is 7.20. The number of hydrogen-bond donors (Lipinski definition) is 2. The fourth-order valence-electron chi connectivity index (χ4n) is 3.08. The number of fused-ring (bicyclic) bond motifs is 3. The minimum atomic E-state index is -0.222. The molecule has 30 heavy (non-hydrogen) atoms. The van der Waals surface area contributed by atoms with Crippen molar-refractivity contribution in [1.29, 1.82) is 0 Å². The number of para-hydroxylation sites is 1. The van der Waals surface area contributed by atoms with Crippen molar-refractivity contribution in [2.75, 3.05) is 12.3 Å². The molecule has 0 bridgehead atoms. The minimum Gasteiger partial charge on any atom is -0.355 e. The van der Waals surface area contributed by atoms with Crippen LogP contribution in [0.1, 0.15) is 33.6 Å². The Morgan fingerprint density at radius 1 is 1.17 bits per heavy atom. The second-order valence-corrected chi connectivity index (χ2v) is 8.15. The summed E-state index contributed by atoms with van der Waals surface area (Å²) in [5.74, 6) is 0.337. The van der Waals surface area contributed by atoms with Crippen LogP contribution in [0.3, 0.4) is 0 Å². The third kappa shape index (κ3) is 4.81. The lowest BCUT2D eigenvalue weighted by atomic mass is 10.2. The Labute approximate surface area is 178 Å². The number of aryl methyl sites for hydroxylation is 1. The van der Waals surface area contributed by atoms with Gasteiger partial charge in [-0.1, -0.05) is 30.8 Å². The van der Waals surface area contributed by atoms with E-state index >= 15 is 0 Å².